The molecule has 0 atom stereocenters. The van der Waals surface area contributed by atoms with E-state index in [4.69, 9.17) is 14.2 Å². The minimum atomic E-state index is -2.89. The molecule has 1 saturated carbocycles. The molecule has 1 aliphatic carbocycles. The van der Waals surface area contributed by atoms with Gasteiger partial charge >= 0.3 is 0 Å². The molecule has 0 radical (unpaired) electrons. The second-order valence-corrected chi connectivity index (χ2v) is 9.47. The number of nitrogens with zero attached hydrogens (tertiary/aromatic N) is 5. The van der Waals surface area contributed by atoms with Crippen molar-refractivity contribution in [2.75, 3.05) is 24.9 Å². The highest BCUT2D eigenvalue weighted by Crippen LogP contribution is 2.36. The summed E-state index contributed by atoms with van der Waals surface area (Å²) in [7, 11) is 3.10. The zero-order valence-electron chi connectivity index (χ0n) is 22.7. The first-order valence-electron chi connectivity index (χ1n) is 12.9. The van der Waals surface area contributed by atoms with Gasteiger partial charge in [0.05, 0.1) is 33.1 Å². The number of ether oxygens (including phenoxy) is 3. The Kier molecular flexibility index (Phi) is 8.22. The SMILES string of the molecule is COc1ccc(CNc2cc(Nc3cc(OC4CC4)c(-c4cnn(CC(C)=O)c4)cn3)nc(C(F)F)n2)c(OC)c1. The summed E-state index contributed by atoms with van der Waals surface area (Å²) in [5.41, 5.74) is 2.22. The van der Waals surface area contributed by atoms with E-state index >= 15 is 0 Å². The van der Waals surface area contributed by atoms with E-state index in [-0.39, 0.29) is 36.6 Å². The van der Waals surface area contributed by atoms with Crippen LogP contribution in [0, 0.1) is 0 Å². The van der Waals surface area contributed by atoms with Crippen LogP contribution in [-0.2, 0) is 17.9 Å². The number of hydrogen-bond donors (Lipinski definition) is 2. The van der Waals surface area contributed by atoms with Crippen LogP contribution < -0.4 is 24.8 Å². The molecule has 1 aliphatic rings. The Morgan fingerprint density at radius 1 is 1.05 bits per heavy atom. The Bertz CT molecular complexity index is 1540. The molecule has 0 amide bonds. The number of benzene rings is 1. The van der Waals surface area contributed by atoms with Gasteiger partial charge in [-0.1, -0.05) is 0 Å². The van der Waals surface area contributed by atoms with Crippen LogP contribution in [0.1, 0.15) is 37.6 Å². The molecule has 5 rings (SSSR count). The third-order valence-electron chi connectivity index (χ3n) is 6.16. The maximum atomic E-state index is 13.7. The topological polar surface area (TPSA) is 125 Å². The lowest BCUT2D eigenvalue weighted by Gasteiger charge is -2.14. The molecule has 4 aromatic rings. The predicted molar refractivity (Wildman–Crippen MR) is 147 cm³/mol. The van der Waals surface area contributed by atoms with Crippen molar-refractivity contribution in [2.45, 2.75) is 45.4 Å². The van der Waals surface area contributed by atoms with E-state index in [9.17, 15) is 13.6 Å². The molecule has 13 heteroatoms. The van der Waals surface area contributed by atoms with Crippen molar-refractivity contribution in [3.05, 3.63) is 60.3 Å². The van der Waals surface area contributed by atoms with Gasteiger partial charge in [-0.05, 0) is 31.9 Å². The molecule has 1 fully saturated rings. The molecule has 0 aliphatic heterocycles. The van der Waals surface area contributed by atoms with Gasteiger partial charge in [0.1, 0.15) is 34.7 Å². The standard InChI is InChI=1S/C28H29F2N7O4/c1-16(38)14-37-15-18(12-33-37)21-13-32-24(9-23(21)41-19-6-7-19)34-26-10-25(35-28(36-26)27(29)30)31-11-17-4-5-20(39-2)8-22(17)40-3/h4-5,8-10,12-13,15,19,27H,6-7,11,14H2,1-3H3,(H2,31,32,34,35,36). The molecule has 0 unspecified atom stereocenters. The van der Waals surface area contributed by atoms with Crippen LogP contribution in [0.5, 0.6) is 17.2 Å². The van der Waals surface area contributed by atoms with Gasteiger partial charge < -0.3 is 24.8 Å². The van der Waals surface area contributed by atoms with Gasteiger partial charge in [-0.15, -0.1) is 0 Å². The van der Waals surface area contributed by atoms with E-state index in [0.717, 1.165) is 24.0 Å². The van der Waals surface area contributed by atoms with E-state index in [1.165, 1.54) is 20.1 Å². The van der Waals surface area contributed by atoms with Crippen molar-refractivity contribution in [1.82, 2.24) is 24.7 Å². The lowest BCUT2D eigenvalue weighted by atomic mass is 10.1. The minimum Gasteiger partial charge on any atom is -0.497 e. The Labute approximate surface area is 234 Å². The van der Waals surface area contributed by atoms with Crippen molar-refractivity contribution in [3.63, 3.8) is 0 Å². The number of ketones is 1. The van der Waals surface area contributed by atoms with Crippen molar-refractivity contribution in [2.24, 2.45) is 0 Å². The number of anilines is 3. The number of alkyl halides is 2. The van der Waals surface area contributed by atoms with Crippen LogP contribution in [0.15, 0.2) is 48.9 Å². The van der Waals surface area contributed by atoms with Gasteiger partial charge in [0.25, 0.3) is 6.43 Å². The largest absolute Gasteiger partial charge is 0.497 e. The molecule has 0 bridgehead atoms. The fourth-order valence-corrected chi connectivity index (χ4v) is 4.04. The van der Waals surface area contributed by atoms with Crippen LogP contribution in [-0.4, -0.2) is 50.8 Å². The Morgan fingerprint density at radius 2 is 1.85 bits per heavy atom. The number of hydrogen-bond acceptors (Lipinski definition) is 10. The summed E-state index contributed by atoms with van der Waals surface area (Å²) in [6.45, 7) is 1.91. The van der Waals surface area contributed by atoms with Crippen molar-refractivity contribution >= 4 is 23.2 Å². The summed E-state index contributed by atoms with van der Waals surface area (Å²) < 4.78 is 45.7. The van der Waals surface area contributed by atoms with E-state index < -0.39 is 12.2 Å². The lowest BCUT2D eigenvalue weighted by Crippen LogP contribution is -2.08. The number of rotatable bonds is 13. The molecule has 3 aromatic heterocycles. The predicted octanol–water partition coefficient (Wildman–Crippen LogP) is 5.18. The van der Waals surface area contributed by atoms with Crippen LogP contribution in [0.4, 0.5) is 26.2 Å². The highest BCUT2D eigenvalue weighted by atomic mass is 19.3. The first kappa shape index (κ1) is 27.7. The summed E-state index contributed by atoms with van der Waals surface area (Å²) >= 11 is 0. The lowest BCUT2D eigenvalue weighted by molar-refractivity contribution is -0.117. The third-order valence-corrected chi connectivity index (χ3v) is 6.16. The van der Waals surface area contributed by atoms with Gasteiger partial charge in [0.15, 0.2) is 11.6 Å². The molecule has 214 valence electrons. The molecular formula is C28H29F2N7O4. The molecule has 1 aromatic carbocycles. The summed E-state index contributed by atoms with van der Waals surface area (Å²) in [4.78, 5) is 23.9. The quantitative estimate of drug-likeness (QED) is 0.224. The maximum Gasteiger partial charge on any atom is 0.297 e. The molecule has 0 saturated heterocycles. The van der Waals surface area contributed by atoms with Crippen LogP contribution in [0.25, 0.3) is 11.1 Å². The number of aromatic nitrogens is 5. The number of Topliss-reactive ketones (excluding diaryl/α,β-unsaturated/α-hetero) is 1. The minimum absolute atomic E-state index is 0.0169. The summed E-state index contributed by atoms with van der Waals surface area (Å²) in [5.74, 6) is 1.79. The molecule has 11 nitrogen and oxygen atoms in total. The highest BCUT2D eigenvalue weighted by molar-refractivity contribution is 5.76. The second kappa shape index (κ2) is 12.1. The van der Waals surface area contributed by atoms with Crippen molar-refractivity contribution in [3.8, 4) is 28.4 Å². The molecule has 41 heavy (non-hydrogen) atoms. The fourth-order valence-electron chi connectivity index (χ4n) is 4.04. The summed E-state index contributed by atoms with van der Waals surface area (Å²) in [6.07, 6.45) is 4.08. The summed E-state index contributed by atoms with van der Waals surface area (Å²) in [5, 5.41) is 10.3. The highest BCUT2D eigenvalue weighted by Gasteiger charge is 2.26. The van der Waals surface area contributed by atoms with Crippen LogP contribution in [0.2, 0.25) is 0 Å². The average Bonchev–Trinajstić information content (AvgIpc) is 3.66. The van der Waals surface area contributed by atoms with Crippen LogP contribution in [0.3, 0.4) is 0 Å². The first-order chi connectivity index (χ1) is 19.8. The smallest absolute Gasteiger partial charge is 0.297 e. The van der Waals surface area contributed by atoms with E-state index in [2.05, 4.69) is 30.7 Å². The van der Waals surface area contributed by atoms with E-state index in [0.29, 0.717) is 28.6 Å². The molecule has 3 heterocycles. The Hall–Kier alpha value is -4.81. The van der Waals surface area contributed by atoms with E-state index in [1.807, 2.05) is 6.07 Å². The molecule has 0 spiro atoms. The van der Waals surface area contributed by atoms with Gasteiger partial charge in [0.2, 0.25) is 0 Å². The monoisotopic (exact) mass is 565 g/mol. The van der Waals surface area contributed by atoms with E-state index in [1.54, 1.807) is 48.6 Å². The number of nitrogens with one attached hydrogen (secondary N) is 2. The molecule has 2 N–H and O–H groups in total. The zero-order valence-corrected chi connectivity index (χ0v) is 22.7. The number of carbonyl (C=O) groups is 1. The van der Waals surface area contributed by atoms with Crippen LogP contribution >= 0.6 is 0 Å². The van der Waals surface area contributed by atoms with Crippen molar-refractivity contribution in [1.29, 1.82) is 0 Å². The maximum absolute atomic E-state index is 13.7. The Balaban J connectivity index is 1.38. The number of halogens is 2. The van der Waals surface area contributed by atoms with Gasteiger partial charge in [0, 0.05) is 53.8 Å². The average molecular weight is 566 g/mol. The fraction of sp³-hybridized carbons (Fsp3) is 0.321. The second-order valence-electron chi connectivity index (χ2n) is 9.47. The first-order valence-corrected chi connectivity index (χ1v) is 12.9. The zero-order chi connectivity index (χ0) is 28.9. The Morgan fingerprint density at radius 3 is 2.56 bits per heavy atom. The number of carbonyl (C=O) groups excluding carboxylic acids is 1. The van der Waals surface area contributed by atoms with Gasteiger partial charge in [-0.3, -0.25) is 9.48 Å². The third kappa shape index (κ3) is 7.04. The summed E-state index contributed by atoms with van der Waals surface area (Å²) in [6, 6.07) is 8.54. The normalized spacial score (nSPS) is 12.7. The number of methoxy groups -OCH3 is 2. The molecular weight excluding hydrogens is 536 g/mol. The van der Waals surface area contributed by atoms with Crippen molar-refractivity contribution < 1.29 is 27.8 Å². The van der Waals surface area contributed by atoms with Gasteiger partial charge in [-0.2, -0.15) is 5.10 Å². The van der Waals surface area contributed by atoms with Gasteiger partial charge in [-0.25, -0.2) is 23.7 Å². The number of pyridine rings is 1.